The van der Waals surface area contributed by atoms with Crippen LogP contribution in [-0.4, -0.2) is 30.6 Å². The van der Waals surface area contributed by atoms with E-state index in [4.69, 9.17) is 10.5 Å². The molecule has 1 amide bonds. The number of hydrogen-bond donors (Lipinski definition) is 2. The van der Waals surface area contributed by atoms with Crippen molar-refractivity contribution in [3.8, 4) is 0 Å². The Morgan fingerprint density at radius 3 is 2.78 bits per heavy atom. The molecule has 18 heavy (non-hydrogen) atoms. The normalized spacial score (nSPS) is 20.3. The van der Waals surface area contributed by atoms with E-state index in [9.17, 15) is 9.59 Å². The van der Waals surface area contributed by atoms with E-state index in [1.807, 2.05) is 30.3 Å². The highest BCUT2D eigenvalue weighted by Crippen LogP contribution is 2.07. The van der Waals surface area contributed by atoms with Crippen LogP contribution in [0.15, 0.2) is 30.3 Å². The molecular formula is C13H16N2O3. The predicted octanol–water partition coefficient (Wildman–Crippen LogP) is -0.0119. The van der Waals surface area contributed by atoms with E-state index < -0.39 is 12.1 Å². The molecule has 1 saturated heterocycles. The first-order valence-corrected chi connectivity index (χ1v) is 5.93. The van der Waals surface area contributed by atoms with E-state index >= 15 is 0 Å². The number of hydrogen-bond acceptors (Lipinski definition) is 4. The highest BCUT2D eigenvalue weighted by Gasteiger charge is 2.29. The zero-order valence-corrected chi connectivity index (χ0v) is 9.96. The number of carbonyl (C=O) groups is 2. The van der Waals surface area contributed by atoms with Crippen LogP contribution in [-0.2, 0) is 20.7 Å². The molecule has 2 atom stereocenters. The first-order valence-electron chi connectivity index (χ1n) is 5.93. The van der Waals surface area contributed by atoms with Crippen LogP contribution in [0, 0.1) is 0 Å². The largest absolute Gasteiger partial charge is 0.464 e. The van der Waals surface area contributed by atoms with Crippen LogP contribution in [0.5, 0.6) is 0 Å². The van der Waals surface area contributed by atoms with E-state index in [0.29, 0.717) is 19.4 Å². The van der Waals surface area contributed by atoms with Gasteiger partial charge in [0.05, 0.1) is 12.6 Å². The second-order valence-corrected chi connectivity index (χ2v) is 4.31. The molecule has 1 heterocycles. The Kier molecular flexibility index (Phi) is 3.94. The Morgan fingerprint density at radius 1 is 1.44 bits per heavy atom. The summed E-state index contributed by atoms with van der Waals surface area (Å²) < 4.78 is 4.77. The van der Waals surface area contributed by atoms with Crippen LogP contribution < -0.4 is 11.1 Å². The van der Waals surface area contributed by atoms with Crippen molar-refractivity contribution in [2.24, 2.45) is 5.73 Å². The maximum absolute atomic E-state index is 11.8. The maximum Gasteiger partial charge on any atom is 0.328 e. The fraction of sp³-hybridized carbons (Fsp3) is 0.385. The van der Waals surface area contributed by atoms with Crippen molar-refractivity contribution in [1.82, 2.24) is 5.32 Å². The van der Waals surface area contributed by atoms with Gasteiger partial charge in [-0.2, -0.15) is 0 Å². The summed E-state index contributed by atoms with van der Waals surface area (Å²) in [7, 11) is 0. The molecule has 3 N–H and O–H groups in total. The second-order valence-electron chi connectivity index (χ2n) is 4.31. The van der Waals surface area contributed by atoms with E-state index in [0.717, 1.165) is 5.56 Å². The number of cyclic esters (lactones) is 1. The molecular weight excluding hydrogens is 232 g/mol. The van der Waals surface area contributed by atoms with Gasteiger partial charge in [0.25, 0.3) is 0 Å². The molecule has 0 radical (unpaired) electrons. The molecule has 1 aliphatic heterocycles. The highest BCUT2D eigenvalue weighted by molar-refractivity contribution is 5.88. The number of amides is 1. The zero-order chi connectivity index (χ0) is 13.0. The summed E-state index contributed by atoms with van der Waals surface area (Å²) in [6.07, 6.45) is 0.969. The number of nitrogens with two attached hydrogens (primary N) is 1. The summed E-state index contributed by atoms with van der Waals surface area (Å²) in [6, 6.07) is 8.33. The lowest BCUT2D eigenvalue weighted by molar-refractivity contribution is -0.141. The molecule has 2 rings (SSSR count). The van der Waals surface area contributed by atoms with Crippen LogP contribution in [0.3, 0.4) is 0 Å². The van der Waals surface area contributed by atoms with Crippen molar-refractivity contribution in [3.05, 3.63) is 35.9 Å². The number of benzene rings is 1. The zero-order valence-electron chi connectivity index (χ0n) is 9.96. The van der Waals surface area contributed by atoms with Gasteiger partial charge in [-0.15, -0.1) is 0 Å². The summed E-state index contributed by atoms with van der Waals surface area (Å²) in [5, 5.41) is 2.61. The molecule has 1 aromatic rings. The minimum Gasteiger partial charge on any atom is -0.464 e. The fourth-order valence-electron chi connectivity index (χ4n) is 1.87. The smallest absolute Gasteiger partial charge is 0.328 e. The monoisotopic (exact) mass is 248 g/mol. The van der Waals surface area contributed by atoms with Gasteiger partial charge in [-0.25, -0.2) is 4.79 Å². The summed E-state index contributed by atoms with van der Waals surface area (Å²) in [5.74, 6) is -0.696. The Morgan fingerprint density at radius 2 is 2.17 bits per heavy atom. The second kappa shape index (κ2) is 5.64. The molecule has 0 aliphatic carbocycles. The van der Waals surface area contributed by atoms with E-state index in [1.54, 1.807) is 0 Å². The molecule has 0 bridgehead atoms. The lowest BCUT2D eigenvalue weighted by Gasteiger charge is -2.14. The molecule has 5 nitrogen and oxygen atoms in total. The highest BCUT2D eigenvalue weighted by atomic mass is 16.5. The van der Waals surface area contributed by atoms with Gasteiger partial charge in [0.2, 0.25) is 5.91 Å². The van der Waals surface area contributed by atoms with Crippen molar-refractivity contribution in [2.45, 2.75) is 24.9 Å². The standard InChI is InChI=1S/C13H16N2O3/c14-10(8-9-4-2-1-3-5-9)12(16)15-11-6-7-18-13(11)17/h1-5,10-11H,6-8,14H2,(H,15,16)/t10-,11-/m0/s1. The van der Waals surface area contributed by atoms with Crippen molar-refractivity contribution < 1.29 is 14.3 Å². The maximum atomic E-state index is 11.8. The number of rotatable bonds is 4. The molecule has 1 fully saturated rings. The lowest BCUT2D eigenvalue weighted by Crippen LogP contribution is -2.47. The molecule has 1 aliphatic rings. The minimum atomic E-state index is -0.652. The van der Waals surface area contributed by atoms with Crippen molar-refractivity contribution >= 4 is 11.9 Å². The average molecular weight is 248 g/mol. The van der Waals surface area contributed by atoms with Gasteiger partial charge in [0, 0.05) is 6.42 Å². The van der Waals surface area contributed by atoms with Crippen LogP contribution in [0.1, 0.15) is 12.0 Å². The quantitative estimate of drug-likeness (QED) is 0.734. The Hall–Kier alpha value is -1.88. The Labute approximate surface area is 105 Å². The number of nitrogens with one attached hydrogen (secondary N) is 1. The topological polar surface area (TPSA) is 81.4 Å². The van der Waals surface area contributed by atoms with Crippen molar-refractivity contribution in [2.75, 3.05) is 6.61 Å². The summed E-state index contributed by atoms with van der Waals surface area (Å²) in [4.78, 5) is 23.0. The third-order valence-electron chi connectivity index (χ3n) is 2.89. The van der Waals surface area contributed by atoms with Gasteiger partial charge in [0.1, 0.15) is 6.04 Å². The van der Waals surface area contributed by atoms with Gasteiger partial charge < -0.3 is 15.8 Å². The van der Waals surface area contributed by atoms with Crippen molar-refractivity contribution in [1.29, 1.82) is 0 Å². The minimum absolute atomic E-state index is 0.317. The molecule has 0 aromatic heterocycles. The molecule has 0 spiro atoms. The number of carbonyl (C=O) groups excluding carboxylic acids is 2. The van der Waals surface area contributed by atoms with Crippen LogP contribution in [0.25, 0.3) is 0 Å². The van der Waals surface area contributed by atoms with E-state index in [-0.39, 0.29) is 11.9 Å². The van der Waals surface area contributed by atoms with Crippen molar-refractivity contribution in [3.63, 3.8) is 0 Å². The summed E-state index contributed by atoms with van der Waals surface area (Å²) in [5.41, 5.74) is 6.80. The first-order chi connectivity index (χ1) is 8.66. The number of esters is 1. The van der Waals surface area contributed by atoms with Crippen LogP contribution in [0.4, 0.5) is 0 Å². The van der Waals surface area contributed by atoms with Gasteiger partial charge >= 0.3 is 5.97 Å². The SMILES string of the molecule is N[C@@H](Cc1ccccc1)C(=O)N[C@H]1CCOC1=O. The third-order valence-corrected chi connectivity index (χ3v) is 2.89. The van der Waals surface area contributed by atoms with E-state index in [2.05, 4.69) is 5.32 Å². The third kappa shape index (κ3) is 3.07. The molecule has 5 heteroatoms. The fourth-order valence-corrected chi connectivity index (χ4v) is 1.87. The molecule has 96 valence electrons. The summed E-state index contributed by atoms with van der Waals surface area (Å²) >= 11 is 0. The van der Waals surface area contributed by atoms with Gasteiger partial charge in [-0.05, 0) is 12.0 Å². The Balaban J connectivity index is 1.87. The predicted molar refractivity (Wildman–Crippen MR) is 65.6 cm³/mol. The van der Waals surface area contributed by atoms with Gasteiger partial charge in [-0.3, -0.25) is 4.79 Å². The first kappa shape index (κ1) is 12.6. The van der Waals surface area contributed by atoms with E-state index in [1.165, 1.54) is 0 Å². The van der Waals surface area contributed by atoms with Gasteiger partial charge in [0.15, 0.2) is 0 Å². The van der Waals surface area contributed by atoms with Crippen LogP contribution >= 0.6 is 0 Å². The molecule has 1 aromatic carbocycles. The number of ether oxygens (including phenoxy) is 1. The van der Waals surface area contributed by atoms with Gasteiger partial charge in [-0.1, -0.05) is 30.3 Å². The average Bonchev–Trinajstić information content (AvgIpc) is 2.76. The molecule has 0 unspecified atom stereocenters. The summed E-state index contributed by atoms with van der Waals surface area (Å²) in [6.45, 7) is 0.359. The lowest BCUT2D eigenvalue weighted by atomic mass is 10.1. The molecule has 0 saturated carbocycles. The Bertz CT molecular complexity index is 433. The van der Waals surface area contributed by atoms with Crippen LogP contribution in [0.2, 0.25) is 0 Å².